The molecule has 3 rings (SSSR count). The Bertz CT molecular complexity index is 673. The van der Waals surface area contributed by atoms with Crippen LogP contribution >= 0.6 is 0 Å². The van der Waals surface area contributed by atoms with Gasteiger partial charge in [0.2, 0.25) is 5.91 Å². The summed E-state index contributed by atoms with van der Waals surface area (Å²) in [7, 11) is 1.77. The van der Waals surface area contributed by atoms with Crippen molar-refractivity contribution in [2.75, 3.05) is 26.7 Å². The van der Waals surface area contributed by atoms with Gasteiger partial charge in [0.1, 0.15) is 5.75 Å². The lowest BCUT2D eigenvalue weighted by atomic mass is 9.75. The van der Waals surface area contributed by atoms with Gasteiger partial charge in [-0.3, -0.25) is 4.79 Å². The largest absolute Gasteiger partial charge is 0.496 e. The average Bonchev–Trinajstić information content (AvgIpc) is 2.74. The molecule has 1 aliphatic heterocycles. The smallest absolute Gasteiger partial charge is 0.223 e. The van der Waals surface area contributed by atoms with E-state index in [2.05, 4.69) is 23.1 Å². The zero-order valence-electron chi connectivity index (χ0n) is 19.4. The Hall–Kier alpha value is -1.55. The maximum atomic E-state index is 12.0. The van der Waals surface area contributed by atoms with Crippen LogP contribution < -0.4 is 10.5 Å². The number of nitrogens with zero attached hydrogens (tertiary/aromatic N) is 1. The van der Waals surface area contributed by atoms with E-state index < -0.39 is 5.41 Å². The number of para-hydroxylation sites is 1. The van der Waals surface area contributed by atoms with Gasteiger partial charge >= 0.3 is 0 Å². The number of hydrogen-bond acceptors (Lipinski definition) is 3. The molecule has 168 valence electrons. The summed E-state index contributed by atoms with van der Waals surface area (Å²) in [5, 5.41) is 0. The van der Waals surface area contributed by atoms with Crippen LogP contribution in [0, 0.1) is 17.3 Å². The third-order valence-electron chi connectivity index (χ3n) is 7.54. The molecular formula is C26H42N2O2. The van der Waals surface area contributed by atoms with Gasteiger partial charge < -0.3 is 15.4 Å². The van der Waals surface area contributed by atoms with Crippen molar-refractivity contribution in [3.05, 3.63) is 29.8 Å². The highest BCUT2D eigenvalue weighted by Gasteiger charge is 2.32. The summed E-state index contributed by atoms with van der Waals surface area (Å²) in [6.45, 7) is 7.40. The molecule has 2 aliphatic rings. The van der Waals surface area contributed by atoms with E-state index in [1.165, 1.54) is 56.9 Å². The Morgan fingerprint density at radius 2 is 1.80 bits per heavy atom. The number of likely N-dealkylation sites (tertiary alicyclic amines) is 1. The molecule has 2 N–H and O–H groups in total. The Morgan fingerprint density at radius 3 is 2.43 bits per heavy atom. The second-order valence-electron chi connectivity index (χ2n) is 10.4. The lowest BCUT2D eigenvalue weighted by Crippen LogP contribution is -2.40. The molecule has 0 unspecified atom stereocenters. The molecule has 1 aromatic rings. The quantitative estimate of drug-likeness (QED) is 0.591. The molecule has 0 aromatic heterocycles. The fourth-order valence-electron chi connectivity index (χ4n) is 5.73. The van der Waals surface area contributed by atoms with Gasteiger partial charge in [0.25, 0.3) is 0 Å². The predicted molar refractivity (Wildman–Crippen MR) is 124 cm³/mol. The van der Waals surface area contributed by atoms with Gasteiger partial charge in [0.05, 0.1) is 7.11 Å². The lowest BCUT2D eigenvalue weighted by Gasteiger charge is -2.38. The van der Waals surface area contributed by atoms with E-state index in [9.17, 15) is 4.79 Å². The molecule has 1 saturated heterocycles. The molecule has 30 heavy (non-hydrogen) atoms. The van der Waals surface area contributed by atoms with Crippen LogP contribution in [0.25, 0.3) is 0 Å². The number of carbonyl (C=O) groups is 1. The van der Waals surface area contributed by atoms with Crippen LogP contribution in [0.4, 0.5) is 0 Å². The Morgan fingerprint density at radius 1 is 1.13 bits per heavy atom. The monoisotopic (exact) mass is 414 g/mol. The zero-order chi connectivity index (χ0) is 21.6. The number of methoxy groups -OCH3 is 1. The van der Waals surface area contributed by atoms with Crippen molar-refractivity contribution >= 4 is 5.91 Å². The highest BCUT2D eigenvalue weighted by atomic mass is 16.5. The minimum absolute atomic E-state index is 0.161. The molecule has 4 heteroatoms. The molecule has 1 aromatic carbocycles. The minimum atomic E-state index is -0.422. The van der Waals surface area contributed by atoms with Crippen LogP contribution in [0.15, 0.2) is 24.3 Å². The van der Waals surface area contributed by atoms with Crippen LogP contribution in [-0.2, 0) is 4.79 Å². The summed E-state index contributed by atoms with van der Waals surface area (Å²) < 4.78 is 5.59. The second-order valence-corrected chi connectivity index (χ2v) is 10.4. The lowest BCUT2D eigenvalue weighted by molar-refractivity contribution is -0.127. The third-order valence-corrected chi connectivity index (χ3v) is 7.54. The Balaban J connectivity index is 1.59. The van der Waals surface area contributed by atoms with E-state index in [0.29, 0.717) is 11.8 Å². The van der Waals surface area contributed by atoms with Gasteiger partial charge in [-0.2, -0.15) is 0 Å². The molecule has 2 fully saturated rings. The van der Waals surface area contributed by atoms with Gasteiger partial charge in [0, 0.05) is 12.0 Å². The van der Waals surface area contributed by atoms with E-state index in [-0.39, 0.29) is 5.91 Å². The summed E-state index contributed by atoms with van der Waals surface area (Å²) in [6.07, 6.45) is 11.4. The van der Waals surface area contributed by atoms with Crippen molar-refractivity contribution in [1.82, 2.24) is 4.90 Å². The first-order chi connectivity index (χ1) is 14.4. The van der Waals surface area contributed by atoms with Crippen LogP contribution in [0.3, 0.4) is 0 Å². The first kappa shape index (κ1) is 23.1. The number of ether oxygens (including phenoxy) is 1. The number of amides is 1. The Kier molecular flexibility index (Phi) is 8.21. The van der Waals surface area contributed by atoms with Crippen molar-refractivity contribution in [2.24, 2.45) is 23.0 Å². The van der Waals surface area contributed by atoms with E-state index in [1.54, 1.807) is 7.11 Å². The first-order valence-electron chi connectivity index (χ1n) is 12.0. The number of benzene rings is 1. The number of carbonyl (C=O) groups excluding carboxylic acids is 1. The summed E-state index contributed by atoms with van der Waals surface area (Å²) in [5.41, 5.74) is 6.66. The molecule has 0 radical (unpaired) electrons. The summed E-state index contributed by atoms with van der Waals surface area (Å²) in [6, 6.07) is 8.47. The molecular weight excluding hydrogens is 372 g/mol. The second kappa shape index (κ2) is 10.7. The van der Waals surface area contributed by atoms with Gasteiger partial charge in [0.15, 0.2) is 0 Å². The topological polar surface area (TPSA) is 55.6 Å². The van der Waals surface area contributed by atoms with Crippen LogP contribution in [0.2, 0.25) is 0 Å². The van der Waals surface area contributed by atoms with E-state index in [0.717, 1.165) is 37.7 Å². The minimum Gasteiger partial charge on any atom is -0.496 e. The molecule has 0 bridgehead atoms. The SMILES string of the molecule is COc1ccccc1C1CCN(C[C@H](CC2CCCCC2)CC(C)(C)C(N)=O)CC1. The van der Waals surface area contributed by atoms with Crippen LogP contribution in [0.5, 0.6) is 5.75 Å². The number of primary amides is 1. The molecule has 1 aliphatic carbocycles. The normalized spacial score (nSPS) is 20.8. The molecule has 1 saturated carbocycles. The van der Waals surface area contributed by atoms with Crippen molar-refractivity contribution < 1.29 is 9.53 Å². The predicted octanol–water partition coefficient (Wildman–Crippen LogP) is 5.36. The van der Waals surface area contributed by atoms with Crippen LogP contribution in [-0.4, -0.2) is 37.6 Å². The van der Waals surface area contributed by atoms with Gasteiger partial charge in [-0.25, -0.2) is 0 Å². The van der Waals surface area contributed by atoms with E-state index >= 15 is 0 Å². The van der Waals surface area contributed by atoms with E-state index in [4.69, 9.17) is 10.5 Å². The molecule has 4 nitrogen and oxygen atoms in total. The van der Waals surface area contributed by atoms with Crippen molar-refractivity contribution in [3.8, 4) is 5.75 Å². The summed E-state index contributed by atoms with van der Waals surface area (Å²) >= 11 is 0. The van der Waals surface area contributed by atoms with Crippen molar-refractivity contribution in [2.45, 2.75) is 77.6 Å². The summed E-state index contributed by atoms with van der Waals surface area (Å²) in [5.74, 6) is 2.83. The highest BCUT2D eigenvalue weighted by molar-refractivity contribution is 5.79. The Labute approximate surface area is 183 Å². The van der Waals surface area contributed by atoms with Crippen molar-refractivity contribution in [3.63, 3.8) is 0 Å². The average molecular weight is 415 g/mol. The van der Waals surface area contributed by atoms with Gasteiger partial charge in [-0.15, -0.1) is 0 Å². The molecule has 1 atom stereocenters. The maximum Gasteiger partial charge on any atom is 0.223 e. The molecule has 0 spiro atoms. The fraction of sp³-hybridized carbons (Fsp3) is 0.731. The molecule has 1 amide bonds. The van der Waals surface area contributed by atoms with Gasteiger partial charge in [-0.05, 0) is 68.2 Å². The highest BCUT2D eigenvalue weighted by Crippen LogP contribution is 2.37. The van der Waals surface area contributed by atoms with Crippen molar-refractivity contribution in [1.29, 1.82) is 0 Å². The number of rotatable bonds is 9. The van der Waals surface area contributed by atoms with E-state index in [1.807, 2.05) is 19.9 Å². The van der Waals surface area contributed by atoms with Gasteiger partial charge in [-0.1, -0.05) is 64.2 Å². The standard InChI is InChI=1S/C26H42N2O2/c1-26(2,25(27)29)18-21(17-20-9-5-4-6-10-20)19-28-15-13-22(14-16-28)23-11-7-8-12-24(23)30-3/h7-8,11-12,20-22H,4-6,9-10,13-19H2,1-3H3,(H2,27,29)/t21-/m1/s1. The maximum absolute atomic E-state index is 12.0. The number of hydrogen-bond donors (Lipinski definition) is 1. The van der Waals surface area contributed by atoms with Crippen LogP contribution in [0.1, 0.15) is 83.1 Å². The zero-order valence-corrected chi connectivity index (χ0v) is 19.4. The summed E-state index contributed by atoms with van der Waals surface area (Å²) in [4.78, 5) is 14.6. The first-order valence-corrected chi connectivity index (χ1v) is 12.0. The third kappa shape index (κ3) is 6.23. The number of nitrogens with two attached hydrogens (primary N) is 1. The molecule has 1 heterocycles. The number of piperidine rings is 1. The fourth-order valence-corrected chi connectivity index (χ4v) is 5.73.